The Morgan fingerprint density at radius 2 is 1.96 bits per heavy atom. The smallest absolute Gasteiger partial charge is 0.410 e. The number of ether oxygens (including phenoxy) is 1. The number of fused-ring (bicyclic) bond motifs is 1. The van der Waals surface area contributed by atoms with E-state index >= 15 is 0 Å². The third-order valence-electron chi connectivity index (χ3n) is 4.10. The van der Waals surface area contributed by atoms with Crippen molar-refractivity contribution in [3.63, 3.8) is 0 Å². The van der Waals surface area contributed by atoms with Gasteiger partial charge in [-0.05, 0) is 45.7 Å². The molecule has 0 spiro atoms. The Bertz CT molecular complexity index is 817. The summed E-state index contributed by atoms with van der Waals surface area (Å²) in [6, 6.07) is 7.41. The number of para-hydroxylation sites is 1. The van der Waals surface area contributed by atoms with Gasteiger partial charge < -0.3 is 15.0 Å². The third kappa shape index (κ3) is 4.29. The normalized spacial score (nSPS) is 16.0. The Morgan fingerprint density at radius 1 is 1.28 bits per heavy atom. The monoisotopic (exact) mass is 344 g/mol. The van der Waals surface area contributed by atoms with Gasteiger partial charge in [0, 0.05) is 19.1 Å². The Morgan fingerprint density at radius 3 is 2.64 bits per heavy atom. The number of rotatable bonds is 2. The highest BCUT2D eigenvalue weighted by molar-refractivity contribution is 5.78. The quantitative estimate of drug-likeness (QED) is 0.875. The Labute approximate surface area is 146 Å². The van der Waals surface area contributed by atoms with Crippen LogP contribution in [0, 0.1) is 0 Å². The maximum absolute atomic E-state index is 12.1. The van der Waals surface area contributed by atoms with E-state index in [9.17, 15) is 9.59 Å². The fourth-order valence-corrected chi connectivity index (χ4v) is 2.88. The van der Waals surface area contributed by atoms with Crippen LogP contribution in [0.3, 0.4) is 0 Å². The highest BCUT2D eigenvalue weighted by Crippen LogP contribution is 2.18. The molecule has 0 saturated carbocycles. The van der Waals surface area contributed by atoms with Crippen LogP contribution >= 0.6 is 0 Å². The van der Waals surface area contributed by atoms with Crippen molar-refractivity contribution in [1.82, 2.24) is 14.9 Å². The SMILES string of the molecule is CC(C)(C)OC(=O)N1CCC(Nc2nc3ccccc3c(=O)[nH]2)CC1. The number of hydrogen-bond acceptors (Lipinski definition) is 5. The Balaban J connectivity index is 1.61. The molecule has 1 fully saturated rings. The summed E-state index contributed by atoms with van der Waals surface area (Å²) in [5, 5.41) is 3.85. The number of anilines is 1. The van der Waals surface area contributed by atoms with E-state index < -0.39 is 5.60 Å². The van der Waals surface area contributed by atoms with Crippen LogP contribution in [-0.2, 0) is 4.74 Å². The molecule has 0 bridgehead atoms. The number of aromatic amines is 1. The second-order valence-corrected chi connectivity index (χ2v) is 7.32. The van der Waals surface area contributed by atoms with E-state index in [-0.39, 0.29) is 17.7 Å². The second kappa shape index (κ2) is 6.74. The van der Waals surface area contributed by atoms with Crippen molar-refractivity contribution in [2.45, 2.75) is 45.3 Å². The molecule has 1 saturated heterocycles. The van der Waals surface area contributed by atoms with Crippen LogP contribution in [-0.4, -0.2) is 45.7 Å². The number of H-pyrrole nitrogens is 1. The number of benzene rings is 1. The zero-order chi connectivity index (χ0) is 18.0. The zero-order valence-corrected chi connectivity index (χ0v) is 14.8. The molecule has 1 aromatic carbocycles. The first-order chi connectivity index (χ1) is 11.8. The summed E-state index contributed by atoms with van der Waals surface area (Å²) < 4.78 is 5.40. The van der Waals surface area contributed by atoms with E-state index in [1.165, 1.54) is 0 Å². The lowest BCUT2D eigenvalue weighted by molar-refractivity contribution is 0.0210. The molecule has 0 atom stereocenters. The van der Waals surface area contributed by atoms with Gasteiger partial charge in [-0.15, -0.1) is 0 Å². The van der Waals surface area contributed by atoms with Gasteiger partial charge in [0.1, 0.15) is 5.60 Å². The molecule has 1 amide bonds. The summed E-state index contributed by atoms with van der Waals surface area (Å²) in [6.07, 6.45) is 1.27. The molecule has 0 aliphatic carbocycles. The summed E-state index contributed by atoms with van der Waals surface area (Å²) in [5.41, 5.74) is 0.0277. The second-order valence-electron chi connectivity index (χ2n) is 7.32. The van der Waals surface area contributed by atoms with E-state index in [0.717, 1.165) is 12.8 Å². The summed E-state index contributed by atoms with van der Waals surface area (Å²) in [4.78, 5) is 33.2. The molecule has 1 aliphatic rings. The van der Waals surface area contributed by atoms with Crippen molar-refractivity contribution in [3.05, 3.63) is 34.6 Å². The van der Waals surface area contributed by atoms with Crippen LogP contribution < -0.4 is 10.9 Å². The van der Waals surface area contributed by atoms with Gasteiger partial charge in [-0.3, -0.25) is 9.78 Å². The molecule has 3 rings (SSSR count). The van der Waals surface area contributed by atoms with E-state index in [0.29, 0.717) is 29.9 Å². The number of nitrogens with one attached hydrogen (secondary N) is 2. The topological polar surface area (TPSA) is 87.3 Å². The minimum Gasteiger partial charge on any atom is -0.444 e. The van der Waals surface area contributed by atoms with Gasteiger partial charge in [0.15, 0.2) is 0 Å². The molecule has 2 N–H and O–H groups in total. The van der Waals surface area contributed by atoms with Crippen LogP contribution in [0.4, 0.5) is 10.7 Å². The van der Waals surface area contributed by atoms with Crippen LogP contribution in [0.15, 0.2) is 29.1 Å². The third-order valence-corrected chi connectivity index (χ3v) is 4.10. The van der Waals surface area contributed by atoms with Gasteiger partial charge in [0.05, 0.1) is 10.9 Å². The van der Waals surface area contributed by atoms with Gasteiger partial charge in [-0.25, -0.2) is 9.78 Å². The van der Waals surface area contributed by atoms with E-state index in [2.05, 4.69) is 15.3 Å². The van der Waals surface area contributed by atoms with Crippen molar-refractivity contribution in [3.8, 4) is 0 Å². The summed E-state index contributed by atoms with van der Waals surface area (Å²) in [6.45, 7) is 6.82. The van der Waals surface area contributed by atoms with E-state index in [4.69, 9.17) is 4.74 Å². The average Bonchev–Trinajstić information content (AvgIpc) is 2.54. The molecule has 134 valence electrons. The zero-order valence-electron chi connectivity index (χ0n) is 14.8. The van der Waals surface area contributed by atoms with Crippen molar-refractivity contribution < 1.29 is 9.53 Å². The molecular formula is C18H24N4O3. The average molecular weight is 344 g/mol. The van der Waals surface area contributed by atoms with Gasteiger partial charge >= 0.3 is 6.09 Å². The van der Waals surface area contributed by atoms with E-state index in [1.54, 1.807) is 11.0 Å². The first-order valence-electron chi connectivity index (χ1n) is 8.55. The molecule has 2 aromatic rings. The molecule has 7 nitrogen and oxygen atoms in total. The summed E-state index contributed by atoms with van der Waals surface area (Å²) >= 11 is 0. The molecular weight excluding hydrogens is 320 g/mol. The van der Waals surface area contributed by atoms with Crippen LogP contribution in [0.5, 0.6) is 0 Å². The number of carbonyl (C=O) groups excluding carboxylic acids is 1. The predicted octanol–water partition coefficient (Wildman–Crippen LogP) is 2.73. The number of aromatic nitrogens is 2. The van der Waals surface area contributed by atoms with Crippen molar-refractivity contribution >= 4 is 22.9 Å². The number of hydrogen-bond donors (Lipinski definition) is 2. The number of piperidine rings is 1. The lowest BCUT2D eigenvalue weighted by atomic mass is 10.1. The standard InChI is InChI=1S/C18H24N4O3/c1-18(2,3)25-17(24)22-10-8-12(9-11-22)19-16-20-14-7-5-4-6-13(14)15(23)21-16/h4-7,12H,8-11H2,1-3H3,(H2,19,20,21,23). The van der Waals surface area contributed by atoms with E-state index in [1.807, 2.05) is 39.0 Å². The van der Waals surface area contributed by atoms with Gasteiger partial charge in [-0.2, -0.15) is 0 Å². The van der Waals surface area contributed by atoms with Gasteiger partial charge in [0.25, 0.3) is 5.56 Å². The molecule has 1 aliphatic heterocycles. The Kier molecular flexibility index (Phi) is 4.65. The van der Waals surface area contributed by atoms with Crippen LogP contribution in [0.1, 0.15) is 33.6 Å². The van der Waals surface area contributed by atoms with Gasteiger partial charge in [0.2, 0.25) is 5.95 Å². The largest absolute Gasteiger partial charge is 0.444 e. The maximum Gasteiger partial charge on any atom is 0.410 e. The lowest BCUT2D eigenvalue weighted by Crippen LogP contribution is -2.44. The van der Waals surface area contributed by atoms with Crippen molar-refractivity contribution in [2.75, 3.05) is 18.4 Å². The Hall–Kier alpha value is -2.57. The summed E-state index contributed by atoms with van der Waals surface area (Å²) in [5.74, 6) is 0.472. The predicted molar refractivity (Wildman–Crippen MR) is 96.8 cm³/mol. The van der Waals surface area contributed by atoms with Crippen LogP contribution in [0.25, 0.3) is 10.9 Å². The van der Waals surface area contributed by atoms with Gasteiger partial charge in [-0.1, -0.05) is 12.1 Å². The van der Waals surface area contributed by atoms with Crippen LogP contribution in [0.2, 0.25) is 0 Å². The fourth-order valence-electron chi connectivity index (χ4n) is 2.88. The highest BCUT2D eigenvalue weighted by Gasteiger charge is 2.27. The van der Waals surface area contributed by atoms with Crippen molar-refractivity contribution in [2.24, 2.45) is 0 Å². The lowest BCUT2D eigenvalue weighted by Gasteiger charge is -2.33. The molecule has 7 heteroatoms. The first-order valence-corrected chi connectivity index (χ1v) is 8.55. The molecule has 1 aromatic heterocycles. The minimum absolute atomic E-state index is 0.153. The molecule has 25 heavy (non-hydrogen) atoms. The van der Waals surface area contributed by atoms with Crippen molar-refractivity contribution in [1.29, 1.82) is 0 Å². The maximum atomic E-state index is 12.1. The summed E-state index contributed by atoms with van der Waals surface area (Å²) in [7, 11) is 0. The molecule has 0 radical (unpaired) electrons. The molecule has 0 unspecified atom stereocenters. The number of carbonyl (C=O) groups is 1. The number of amides is 1. The molecule has 2 heterocycles. The fraction of sp³-hybridized carbons (Fsp3) is 0.500. The first kappa shape index (κ1) is 17.3. The number of nitrogens with zero attached hydrogens (tertiary/aromatic N) is 2. The number of likely N-dealkylation sites (tertiary alicyclic amines) is 1. The minimum atomic E-state index is -0.485. The highest BCUT2D eigenvalue weighted by atomic mass is 16.6.